The Morgan fingerprint density at radius 2 is 2.21 bits per heavy atom. The lowest BCUT2D eigenvalue weighted by atomic mass is 9.94. The summed E-state index contributed by atoms with van der Waals surface area (Å²) in [5.74, 6) is -0.256. The van der Waals surface area contributed by atoms with E-state index >= 15 is 0 Å². The molecule has 0 saturated heterocycles. The number of nitriles is 1. The van der Waals surface area contributed by atoms with Crippen LogP contribution in [0.1, 0.15) is 26.7 Å². The molecule has 1 heterocycles. The Hall–Kier alpha value is -2.12. The van der Waals surface area contributed by atoms with Crippen LogP contribution >= 0.6 is 11.3 Å². The number of carbonyl (C=O) groups is 1. The first kappa shape index (κ1) is 13.3. The number of nitrogens with zero attached hydrogens (tertiary/aromatic N) is 1. The van der Waals surface area contributed by atoms with E-state index in [-0.39, 0.29) is 5.78 Å². The summed E-state index contributed by atoms with van der Waals surface area (Å²) in [6.07, 6.45) is 0. The van der Waals surface area contributed by atoms with Crippen LogP contribution in [0.25, 0.3) is 0 Å². The Balaban J connectivity index is 2.38. The fraction of sp³-hybridized carbons (Fsp3) is 0.200. The lowest BCUT2D eigenvalue weighted by Crippen LogP contribution is -2.10. The van der Waals surface area contributed by atoms with Crippen LogP contribution in [0.3, 0.4) is 0 Å². The molecule has 19 heavy (non-hydrogen) atoms. The van der Waals surface area contributed by atoms with Gasteiger partial charge >= 0.3 is 0 Å². The zero-order chi connectivity index (χ0) is 13.8. The second kappa shape index (κ2) is 5.68. The van der Waals surface area contributed by atoms with Crippen molar-refractivity contribution < 1.29 is 9.53 Å². The SMILES string of the molecule is COc1cc(C(C#N)C(=O)c2cccs2)ccc1C. The molecule has 0 aliphatic carbocycles. The van der Waals surface area contributed by atoms with Crippen molar-refractivity contribution in [3.63, 3.8) is 0 Å². The fourth-order valence-electron chi connectivity index (χ4n) is 1.86. The molecular weight excluding hydrogens is 258 g/mol. The molecule has 0 bridgehead atoms. The largest absolute Gasteiger partial charge is 0.496 e. The number of Topliss-reactive ketones (excluding diaryl/α,β-unsaturated/α-hetero) is 1. The predicted octanol–water partition coefficient (Wildman–Crippen LogP) is 3.56. The van der Waals surface area contributed by atoms with Crippen LogP contribution in [-0.4, -0.2) is 12.9 Å². The van der Waals surface area contributed by atoms with E-state index in [0.717, 1.165) is 5.56 Å². The Labute approximate surface area is 116 Å². The monoisotopic (exact) mass is 271 g/mol. The number of ketones is 1. The summed E-state index contributed by atoms with van der Waals surface area (Å²) in [7, 11) is 1.58. The van der Waals surface area contributed by atoms with Crippen molar-refractivity contribution in [2.45, 2.75) is 12.8 Å². The highest BCUT2D eigenvalue weighted by molar-refractivity contribution is 7.12. The van der Waals surface area contributed by atoms with Crippen LogP contribution in [0.15, 0.2) is 35.7 Å². The maximum absolute atomic E-state index is 12.3. The van der Waals surface area contributed by atoms with Crippen molar-refractivity contribution in [3.05, 3.63) is 51.7 Å². The number of aryl methyl sites for hydroxylation is 1. The molecule has 2 rings (SSSR count). The van der Waals surface area contributed by atoms with Crippen LogP contribution in [-0.2, 0) is 0 Å². The highest BCUT2D eigenvalue weighted by atomic mass is 32.1. The fourth-order valence-corrected chi connectivity index (χ4v) is 2.56. The number of ether oxygens (including phenoxy) is 1. The van der Waals surface area contributed by atoms with Gasteiger partial charge in [0.05, 0.1) is 18.1 Å². The number of benzene rings is 1. The van der Waals surface area contributed by atoms with Gasteiger partial charge in [-0.1, -0.05) is 18.2 Å². The average molecular weight is 271 g/mol. The molecule has 0 aliphatic heterocycles. The topological polar surface area (TPSA) is 50.1 Å². The molecule has 1 aromatic heterocycles. The van der Waals surface area contributed by atoms with Gasteiger partial charge in [0.1, 0.15) is 11.7 Å². The van der Waals surface area contributed by atoms with E-state index in [0.29, 0.717) is 16.2 Å². The summed E-state index contributed by atoms with van der Waals surface area (Å²) >= 11 is 1.35. The zero-order valence-electron chi connectivity index (χ0n) is 10.7. The first-order chi connectivity index (χ1) is 9.17. The Morgan fingerprint density at radius 3 is 2.79 bits per heavy atom. The molecule has 1 aromatic carbocycles. The maximum Gasteiger partial charge on any atom is 0.194 e. The molecule has 1 unspecified atom stereocenters. The van der Waals surface area contributed by atoms with Gasteiger partial charge < -0.3 is 4.74 Å². The summed E-state index contributed by atoms with van der Waals surface area (Å²) in [6, 6.07) is 11.0. The molecule has 0 radical (unpaired) electrons. The zero-order valence-corrected chi connectivity index (χ0v) is 11.5. The summed E-state index contributed by atoms with van der Waals surface area (Å²) in [6.45, 7) is 1.92. The van der Waals surface area contributed by atoms with Gasteiger partial charge in [-0.2, -0.15) is 5.26 Å². The van der Waals surface area contributed by atoms with E-state index in [2.05, 4.69) is 6.07 Å². The molecule has 96 valence electrons. The number of thiophene rings is 1. The van der Waals surface area contributed by atoms with Crippen LogP contribution < -0.4 is 4.74 Å². The van der Waals surface area contributed by atoms with Crippen LogP contribution in [0, 0.1) is 18.3 Å². The van der Waals surface area contributed by atoms with Crippen molar-refractivity contribution in [1.29, 1.82) is 5.26 Å². The molecule has 0 saturated carbocycles. The van der Waals surface area contributed by atoms with Gasteiger partial charge in [0, 0.05) is 0 Å². The van der Waals surface area contributed by atoms with E-state index in [1.165, 1.54) is 11.3 Å². The third kappa shape index (κ3) is 2.67. The summed E-state index contributed by atoms with van der Waals surface area (Å²) in [5.41, 5.74) is 1.65. The minimum atomic E-state index is -0.784. The molecular formula is C15H13NO2S. The second-order valence-corrected chi connectivity index (χ2v) is 5.08. The first-order valence-corrected chi connectivity index (χ1v) is 6.67. The first-order valence-electron chi connectivity index (χ1n) is 5.79. The highest BCUT2D eigenvalue weighted by Crippen LogP contribution is 2.27. The van der Waals surface area contributed by atoms with Gasteiger partial charge in [-0.25, -0.2) is 0 Å². The van der Waals surface area contributed by atoms with E-state index in [9.17, 15) is 10.1 Å². The quantitative estimate of drug-likeness (QED) is 0.799. The van der Waals surface area contributed by atoms with Gasteiger partial charge in [-0.15, -0.1) is 11.3 Å². The maximum atomic E-state index is 12.3. The number of methoxy groups -OCH3 is 1. The molecule has 2 aromatic rings. The smallest absolute Gasteiger partial charge is 0.194 e. The number of carbonyl (C=O) groups excluding carboxylic acids is 1. The van der Waals surface area contributed by atoms with Crippen molar-refractivity contribution in [3.8, 4) is 11.8 Å². The standard InChI is InChI=1S/C15H13NO2S/c1-10-5-6-11(8-13(10)18-2)12(9-16)15(17)14-4-3-7-19-14/h3-8,12H,1-2H3. The van der Waals surface area contributed by atoms with Crippen molar-refractivity contribution >= 4 is 17.1 Å². The van der Waals surface area contributed by atoms with Crippen molar-refractivity contribution in [2.24, 2.45) is 0 Å². The summed E-state index contributed by atoms with van der Waals surface area (Å²) in [5, 5.41) is 11.1. The molecule has 0 amide bonds. The number of rotatable bonds is 4. The molecule has 1 atom stereocenters. The average Bonchev–Trinajstić information content (AvgIpc) is 2.95. The summed E-state index contributed by atoms with van der Waals surface area (Å²) < 4.78 is 5.23. The van der Waals surface area contributed by atoms with Crippen LogP contribution in [0.5, 0.6) is 5.75 Å². The van der Waals surface area contributed by atoms with E-state index < -0.39 is 5.92 Å². The second-order valence-electron chi connectivity index (χ2n) is 4.13. The lowest BCUT2D eigenvalue weighted by Gasteiger charge is -2.11. The molecule has 0 spiro atoms. The minimum absolute atomic E-state index is 0.164. The van der Waals surface area contributed by atoms with E-state index in [4.69, 9.17) is 4.74 Å². The Kier molecular flexibility index (Phi) is 3.98. The number of hydrogen-bond acceptors (Lipinski definition) is 4. The minimum Gasteiger partial charge on any atom is -0.496 e. The van der Waals surface area contributed by atoms with E-state index in [1.54, 1.807) is 25.3 Å². The third-order valence-corrected chi connectivity index (χ3v) is 3.81. The molecule has 0 fully saturated rings. The molecule has 3 nitrogen and oxygen atoms in total. The normalized spacial score (nSPS) is 11.6. The molecule has 0 aliphatic rings. The van der Waals surface area contributed by atoms with Gasteiger partial charge in [-0.05, 0) is 35.6 Å². The molecule has 0 N–H and O–H groups in total. The Morgan fingerprint density at radius 1 is 1.42 bits per heavy atom. The summed E-state index contributed by atoms with van der Waals surface area (Å²) in [4.78, 5) is 12.9. The van der Waals surface area contributed by atoms with Gasteiger partial charge in [0.25, 0.3) is 0 Å². The van der Waals surface area contributed by atoms with Crippen LogP contribution in [0.4, 0.5) is 0 Å². The third-order valence-electron chi connectivity index (χ3n) is 2.92. The Bertz CT molecular complexity index is 626. The molecule has 4 heteroatoms. The van der Waals surface area contributed by atoms with Crippen LogP contribution in [0.2, 0.25) is 0 Å². The van der Waals surface area contributed by atoms with E-state index in [1.807, 2.05) is 24.4 Å². The van der Waals surface area contributed by atoms with Crippen molar-refractivity contribution in [2.75, 3.05) is 7.11 Å². The predicted molar refractivity (Wildman–Crippen MR) is 74.7 cm³/mol. The van der Waals surface area contributed by atoms with Crippen molar-refractivity contribution in [1.82, 2.24) is 0 Å². The highest BCUT2D eigenvalue weighted by Gasteiger charge is 2.23. The lowest BCUT2D eigenvalue weighted by molar-refractivity contribution is 0.0983. The van der Waals surface area contributed by atoms with Gasteiger partial charge in [0.15, 0.2) is 5.78 Å². The van der Waals surface area contributed by atoms with Gasteiger partial charge in [-0.3, -0.25) is 4.79 Å². The number of hydrogen-bond donors (Lipinski definition) is 0. The van der Waals surface area contributed by atoms with Gasteiger partial charge in [0.2, 0.25) is 0 Å².